The van der Waals surface area contributed by atoms with Crippen LogP contribution in [0, 0.1) is 12.7 Å². The van der Waals surface area contributed by atoms with Crippen molar-refractivity contribution in [1.82, 2.24) is 4.98 Å². The molecule has 0 amide bonds. The molecular weight excluding hydrogens is 247 g/mol. The van der Waals surface area contributed by atoms with Crippen LogP contribution in [0.4, 0.5) is 10.1 Å². The first-order valence-electron chi connectivity index (χ1n) is 5.57. The molecule has 0 bridgehead atoms. The summed E-state index contributed by atoms with van der Waals surface area (Å²) in [6.45, 7) is 1.96. The summed E-state index contributed by atoms with van der Waals surface area (Å²) in [7, 11) is 0. The van der Waals surface area contributed by atoms with Gasteiger partial charge in [0.15, 0.2) is 0 Å². The average molecular weight is 258 g/mol. The highest BCUT2D eigenvalue weighted by atomic mass is 32.1. The second kappa shape index (κ2) is 4.07. The fourth-order valence-electron chi connectivity index (χ4n) is 1.88. The summed E-state index contributed by atoms with van der Waals surface area (Å²) in [6.07, 6.45) is 0. The lowest BCUT2D eigenvalue weighted by Gasteiger charge is -2.04. The molecule has 0 aliphatic carbocycles. The summed E-state index contributed by atoms with van der Waals surface area (Å²) >= 11 is 1.52. The number of aromatic nitrogens is 1. The lowest BCUT2D eigenvalue weighted by Crippen LogP contribution is -1.92. The number of halogens is 1. The predicted molar refractivity (Wildman–Crippen MR) is 74.2 cm³/mol. The summed E-state index contributed by atoms with van der Waals surface area (Å²) in [5.41, 5.74) is 9.41. The molecule has 2 aromatic carbocycles. The van der Waals surface area contributed by atoms with Gasteiger partial charge < -0.3 is 5.73 Å². The van der Waals surface area contributed by atoms with Crippen molar-refractivity contribution in [3.05, 3.63) is 47.8 Å². The van der Waals surface area contributed by atoms with Crippen molar-refractivity contribution in [3.63, 3.8) is 0 Å². The first kappa shape index (κ1) is 11.2. The van der Waals surface area contributed by atoms with Crippen LogP contribution in [0.25, 0.3) is 20.8 Å². The fraction of sp³-hybridized carbons (Fsp3) is 0.0714. The summed E-state index contributed by atoms with van der Waals surface area (Å²) in [5.74, 6) is -0.267. The largest absolute Gasteiger partial charge is 0.398 e. The average Bonchev–Trinajstić information content (AvgIpc) is 2.75. The molecule has 1 aromatic heterocycles. The van der Waals surface area contributed by atoms with E-state index in [0.29, 0.717) is 5.52 Å². The molecule has 0 spiro atoms. The number of para-hydroxylation sites is 1. The molecule has 1 heterocycles. The molecule has 0 radical (unpaired) electrons. The van der Waals surface area contributed by atoms with E-state index in [9.17, 15) is 4.39 Å². The van der Waals surface area contributed by atoms with Crippen LogP contribution in [0.1, 0.15) is 5.56 Å². The Kier molecular flexibility index (Phi) is 2.52. The topological polar surface area (TPSA) is 38.9 Å². The molecule has 2 nitrogen and oxygen atoms in total. The van der Waals surface area contributed by atoms with E-state index in [4.69, 9.17) is 5.73 Å². The molecule has 0 unspecified atom stereocenters. The number of hydrogen-bond donors (Lipinski definition) is 1. The molecule has 0 saturated heterocycles. The maximum absolute atomic E-state index is 13.1. The van der Waals surface area contributed by atoms with Gasteiger partial charge in [-0.05, 0) is 30.7 Å². The first-order valence-corrected chi connectivity index (χ1v) is 6.38. The van der Waals surface area contributed by atoms with Crippen LogP contribution >= 0.6 is 11.3 Å². The Balaban J connectivity index is 2.22. The van der Waals surface area contributed by atoms with Gasteiger partial charge in [-0.25, -0.2) is 9.37 Å². The molecule has 0 saturated carbocycles. The minimum Gasteiger partial charge on any atom is -0.398 e. The van der Waals surface area contributed by atoms with E-state index in [2.05, 4.69) is 4.98 Å². The molecule has 3 rings (SSSR count). The van der Waals surface area contributed by atoms with Gasteiger partial charge >= 0.3 is 0 Å². The molecule has 90 valence electrons. The third-order valence-electron chi connectivity index (χ3n) is 2.90. The fourth-order valence-corrected chi connectivity index (χ4v) is 2.87. The van der Waals surface area contributed by atoms with Crippen LogP contribution in [0.2, 0.25) is 0 Å². The number of rotatable bonds is 1. The van der Waals surface area contributed by atoms with Gasteiger partial charge in [-0.3, -0.25) is 0 Å². The van der Waals surface area contributed by atoms with Crippen LogP contribution < -0.4 is 5.73 Å². The number of nitrogen functional groups attached to an aromatic ring is 1. The van der Waals surface area contributed by atoms with Crippen molar-refractivity contribution in [2.24, 2.45) is 0 Å². The van der Waals surface area contributed by atoms with E-state index in [0.717, 1.165) is 26.5 Å². The van der Waals surface area contributed by atoms with E-state index >= 15 is 0 Å². The van der Waals surface area contributed by atoms with Crippen molar-refractivity contribution in [2.45, 2.75) is 6.92 Å². The number of benzene rings is 2. The van der Waals surface area contributed by atoms with Crippen molar-refractivity contribution in [3.8, 4) is 10.6 Å². The minimum atomic E-state index is -0.267. The minimum absolute atomic E-state index is 0.267. The summed E-state index contributed by atoms with van der Waals surface area (Å²) in [5, 5.41) is 0.830. The van der Waals surface area contributed by atoms with Crippen LogP contribution in [-0.2, 0) is 0 Å². The molecular formula is C14H11FN2S. The third-order valence-corrected chi connectivity index (χ3v) is 3.97. The number of nitrogens with two attached hydrogens (primary N) is 1. The van der Waals surface area contributed by atoms with Crippen LogP contribution in [0.15, 0.2) is 36.4 Å². The first-order chi connectivity index (χ1) is 8.65. The number of thiazole rings is 1. The van der Waals surface area contributed by atoms with Crippen molar-refractivity contribution in [2.75, 3.05) is 5.73 Å². The smallest absolute Gasteiger partial charge is 0.126 e. The van der Waals surface area contributed by atoms with Gasteiger partial charge in [-0.2, -0.15) is 0 Å². The predicted octanol–water partition coefficient (Wildman–Crippen LogP) is 3.99. The Morgan fingerprint density at radius 1 is 1.22 bits per heavy atom. The van der Waals surface area contributed by atoms with Gasteiger partial charge in [0.25, 0.3) is 0 Å². The maximum Gasteiger partial charge on any atom is 0.126 e. The molecule has 3 aromatic rings. The number of aryl methyl sites for hydroxylation is 1. The van der Waals surface area contributed by atoms with E-state index in [1.54, 1.807) is 6.07 Å². The molecule has 0 fully saturated rings. The molecule has 18 heavy (non-hydrogen) atoms. The highest BCUT2D eigenvalue weighted by Crippen LogP contribution is 2.34. The Morgan fingerprint density at radius 3 is 2.89 bits per heavy atom. The Labute approximate surface area is 108 Å². The normalized spacial score (nSPS) is 11.0. The van der Waals surface area contributed by atoms with Crippen LogP contribution in [-0.4, -0.2) is 4.98 Å². The van der Waals surface area contributed by atoms with Gasteiger partial charge in [-0.1, -0.05) is 12.1 Å². The maximum atomic E-state index is 13.1. The zero-order chi connectivity index (χ0) is 12.7. The van der Waals surface area contributed by atoms with Gasteiger partial charge in [-0.15, -0.1) is 11.3 Å². The molecule has 4 heteroatoms. The lowest BCUT2D eigenvalue weighted by molar-refractivity contribution is 0.629. The van der Waals surface area contributed by atoms with Crippen LogP contribution in [0.5, 0.6) is 0 Å². The third kappa shape index (κ3) is 1.75. The summed E-state index contributed by atoms with van der Waals surface area (Å²) in [4.78, 5) is 4.44. The molecule has 0 aliphatic rings. The Hall–Kier alpha value is -1.94. The monoisotopic (exact) mass is 258 g/mol. The second-order valence-electron chi connectivity index (χ2n) is 4.17. The molecule has 2 N–H and O–H groups in total. The van der Waals surface area contributed by atoms with Gasteiger partial charge in [0.2, 0.25) is 0 Å². The second-order valence-corrected chi connectivity index (χ2v) is 5.20. The highest BCUT2D eigenvalue weighted by molar-refractivity contribution is 7.21. The van der Waals surface area contributed by atoms with Crippen molar-refractivity contribution >= 4 is 27.2 Å². The Bertz CT molecular complexity index is 734. The zero-order valence-corrected chi connectivity index (χ0v) is 10.6. The number of hydrogen-bond acceptors (Lipinski definition) is 3. The molecule has 0 aliphatic heterocycles. The standard InChI is InChI=1S/C14H11FN2S/c1-8-3-2-4-10(13(8)16)14-17-11-7-9(15)5-6-12(11)18-14/h2-7H,16H2,1H3. The van der Waals surface area contributed by atoms with E-state index in [-0.39, 0.29) is 5.82 Å². The van der Waals surface area contributed by atoms with Gasteiger partial charge in [0, 0.05) is 17.3 Å². The van der Waals surface area contributed by atoms with Gasteiger partial charge in [0.1, 0.15) is 10.8 Å². The van der Waals surface area contributed by atoms with E-state index in [1.165, 1.54) is 23.5 Å². The quantitative estimate of drug-likeness (QED) is 0.670. The van der Waals surface area contributed by atoms with Gasteiger partial charge in [0.05, 0.1) is 10.2 Å². The molecule has 0 atom stereocenters. The highest BCUT2D eigenvalue weighted by Gasteiger charge is 2.10. The summed E-state index contributed by atoms with van der Waals surface area (Å²) < 4.78 is 14.1. The zero-order valence-electron chi connectivity index (χ0n) is 9.77. The number of nitrogens with zero attached hydrogens (tertiary/aromatic N) is 1. The summed E-state index contributed by atoms with van der Waals surface area (Å²) in [6, 6.07) is 10.5. The van der Waals surface area contributed by atoms with Crippen molar-refractivity contribution < 1.29 is 4.39 Å². The van der Waals surface area contributed by atoms with E-state index in [1.807, 2.05) is 25.1 Å². The Morgan fingerprint density at radius 2 is 2.06 bits per heavy atom. The van der Waals surface area contributed by atoms with Crippen LogP contribution in [0.3, 0.4) is 0 Å². The van der Waals surface area contributed by atoms with E-state index < -0.39 is 0 Å². The lowest BCUT2D eigenvalue weighted by atomic mass is 10.1. The number of fused-ring (bicyclic) bond motifs is 1. The van der Waals surface area contributed by atoms with Crippen molar-refractivity contribution in [1.29, 1.82) is 0 Å². The SMILES string of the molecule is Cc1cccc(-c2nc3cc(F)ccc3s2)c1N. The number of anilines is 1.